The van der Waals surface area contributed by atoms with Crippen molar-refractivity contribution in [1.29, 1.82) is 0 Å². The summed E-state index contributed by atoms with van der Waals surface area (Å²) in [5.74, 6) is 0.712. The molecule has 4 nitrogen and oxygen atoms in total. The van der Waals surface area contributed by atoms with Crippen LogP contribution in [0.25, 0.3) is 0 Å². The van der Waals surface area contributed by atoms with Gasteiger partial charge in [0.15, 0.2) is 0 Å². The molecule has 0 aliphatic rings. The highest BCUT2D eigenvalue weighted by molar-refractivity contribution is 5.30. The Hall–Kier alpha value is -1.58. The Balaban J connectivity index is 2.85. The van der Waals surface area contributed by atoms with Gasteiger partial charge in [-0.1, -0.05) is 19.1 Å². The monoisotopic (exact) mass is 209 g/mol. The average molecular weight is 209 g/mol. The molecule has 0 unspecified atom stereocenters. The smallest absolute Gasteiger partial charge is 0.210 e. The van der Waals surface area contributed by atoms with Gasteiger partial charge in [0.05, 0.1) is 7.11 Å². The van der Waals surface area contributed by atoms with Gasteiger partial charge in [-0.2, -0.15) is 0 Å². The van der Waals surface area contributed by atoms with Crippen LogP contribution in [-0.2, 0) is 0 Å². The maximum absolute atomic E-state index is 10.5. The molecule has 1 aromatic rings. The van der Waals surface area contributed by atoms with Gasteiger partial charge in [-0.05, 0) is 24.1 Å². The number of rotatable bonds is 5. The summed E-state index contributed by atoms with van der Waals surface area (Å²) in [5, 5.41) is 10.5. The summed E-state index contributed by atoms with van der Waals surface area (Å²) in [7, 11) is 1.59. The molecule has 0 aliphatic carbocycles. The molecule has 82 valence electrons. The molecular weight excluding hydrogens is 194 g/mol. The zero-order valence-corrected chi connectivity index (χ0v) is 8.97. The zero-order valence-electron chi connectivity index (χ0n) is 8.97. The van der Waals surface area contributed by atoms with Crippen molar-refractivity contribution in [2.75, 3.05) is 13.7 Å². The molecule has 4 heteroatoms. The average Bonchev–Trinajstić information content (AvgIpc) is 2.25. The van der Waals surface area contributed by atoms with Crippen LogP contribution in [0, 0.1) is 10.1 Å². The number of methoxy groups -OCH3 is 1. The molecule has 0 aromatic heterocycles. The van der Waals surface area contributed by atoms with Crippen molar-refractivity contribution >= 4 is 0 Å². The van der Waals surface area contributed by atoms with E-state index in [-0.39, 0.29) is 17.4 Å². The highest BCUT2D eigenvalue weighted by atomic mass is 16.6. The van der Waals surface area contributed by atoms with E-state index < -0.39 is 0 Å². The third-order valence-electron chi connectivity index (χ3n) is 2.43. The lowest BCUT2D eigenvalue weighted by Gasteiger charge is -2.11. The first-order valence-electron chi connectivity index (χ1n) is 4.93. The predicted molar refractivity (Wildman–Crippen MR) is 57.9 cm³/mol. The second kappa shape index (κ2) is 5.34. The van der Waals surface area contributed by atoms with E-state index in [4.69, 9.17) is 4.74 Å². The van der Waals surface area contributed by atoms with Crippen LogP contribution >= 0.6 is 0 Å². The van der Waals surface area contributed by atoms with Crippen molar-refractivity contribution in [3.05, 3.63) is 39.9 Å². The maximum Gasteiger partial charge on any atom is 0.210 e. The predicted octanol–water partition coefficient (Wildman–Crippen LogP) is 2.47. The molecule has 0 aliphatic heterocycles. The van der Waals surface area contributed by atoms with Gasteiger partial charge in [-0.15, -0.1) is 0 Å². The Kier molecular flexibility index (Phi) is 4.09. The normalized spacial score (nSPS) is 12.1. The standard InChI is InChI=1S/C11H15NO3/c1-3-9(8-12(13)14)10-5-4-6-11(7-10)15-2/h4-7,9H,3,8H2,1-2H3/t9-/m1/s1. The lowest BCUT2D eigenvalue weighted by molar-refractivity contribution is -0.483. The molecule has 0 amide bonds. The fraction of sp³-hybridized carbons (Fsp3) is 0.455. The van der Waals surface area contributed by atoms with Gasteiger partial charge >= 0.3 is 0 Å². The molecule has 0 heterocycles. The maximum atomic E-state index is 10.5. The van der Waals surface area contributed by atoms with Crippen LogP contribution in [0.1, 0.15) is 24.8 Å². The fourth-order valence-electron chi connectivity index (χ4n) is 1.55. The summed E-state index contributed by atoms with van der Waals surface area (Å²) in [4.78, 5) is 10.2. The first kappa shape index (κ1) is 11.5. The number of hydrogen-bond donors (Lipinski definition) is 0. The number of benzene rings is 1. The van der Waals surface area contributed by atoms with Crippen molar-refractivity contribution in [2.45, 2.75) is 19.3 Å². The van der Waals surface area contributed by atoms with Crippen LogP contribution in [0.4, 0.5) is 0 Å². The van der Waals surface area contributed by atoms with Gasteiger partial charge in [0.2, 0.25) is 6.54 Å². The van der Waals surface area contributed by atoms with E-state index in [1.807, 2.05) is 31.2 Å². The summed E-state index contributed by atoms with van der Waals surface area (Å²) >= 11 is 0. The van der Waals surface area contributed by atoms with Gasteiger partial charge in [-0.3, -0.25) is 10.1 Å². The zero-order chi connectivity index (χ0) is 11.3. The molecule has 0 fully saturated rings. The number of ether oxygens (including phenoxy) is 1. The van der Waals surface area contributed by atoms with Crippen molar-refractivity contribution in [2.24, 2.45) is 0 Å². The lowest BCUT2D eigenvalue weighted by atomic mass is 9.96. The molecule has 15 heavy (non-hydrogen) atoms. The molecule has 1 aromatic carbocycles. The molecule has 0 saturated carbocycles. The first-order chi connectivity index (χ1) is 7.17. The van der Waals surface area contributed by atoms with Crippen molar-refractivity contribution in [1.82, 2.24) is 0 Å². The Morgan fingerprint density at radius 2 is 2.27 bits per heavy atom. The second-order valence-corrected chi connectivity index (χ2v) is 3.40. The fourth-order valence-corrected chi connectivity index (χ4v) is 1.55. The van der Waals surface area contributed by atoms with E-state index in [9.17, 15) is 10.1 Å². The minimum Gasteiger partial charge on any atom is -0.497 e. The summed E-state index contributed by atoms with van der Waals surface area (Å²) in [6.07, 6.45) is 0.758. The van der Waals surface area contributed by atoms with Crippen molar-refractivity contribution in [3.63, 3.8) is 0 Å². The molecule has 1 atom stereocenters. The minimum absolute atomic E-state index is 0.0241. The van der Waals surface area contributed by atoms with Crippen LogP contribution in [0.2, 0.25) is 0 Å². The second-order valence-electron chi connectivity index (χ2n) is 3.40. The molecule has 0 radical (unpaired) electrons. The van der Waals surface area contributed by atoms with E-state index in [1.54, 1.807) is 7.11 Å². The molecule has 0 bridgehead atoms. The van der Waals surface area contributed by atoms with Gasteiger partial charge in [0, 0.05) is 10.8 Å². The Morgan fingerprint density at radius 1 is 1.53 bits per heavy atom. The number of nitrogens with zero attached hydrogens (tertiary/aromatic N) is 1. The van der Waals surface area contributed by atoms with Crippen LogP contribution in [0.3, 0.4) is 0 Å². The topological polar surface area (TPSA) is 52.4 Å². The lowest BCUT2D eigenvalue weighted by Crippen LogP contribution is -2.11. The third-order valence-corrected chi connectivity index (χ3v) is 2.43. The van der Waals surface area contributed by atoms with E-state index in [2.05, 4.69) is 0 Å². The van der Waals surface area contributed by atoms with Crippen LogP contribution < -0.4 is 4.74 Å². The summed E-state index contributed by atoms with van der Waals surface area (Å²) in [6, 6.07) is 7.46. The Morgan fingerprint density at radius 3 is 2.80 bits per heavy atom. The molecule has 1 rings (SSSR count). The highest BCUT2D eigenvalue weighted by Crippen LogP contribution is 2.23. The quantitative estimate of drug-likeness (QED) is 0.553. The Bertz CT molecular complexity index is 338. The van der Waals surface area contributed by atoms with Gasteiger partial charge in [0.25, 0.3) is 0 Å². The summed E-state index contributed by atoms with van der Waals surface area (Å²) < 4.78 is 5.08. The van der Waals surface area contributed by atoms with E-state index >= 15 is 0 Å². The van der Waals surface area contributed by atoms with Crippen LogP contribution in [0.5, 0.6) is 5.75 Å². The SMILES string of the molecule is CC[C@H](C[N+](=O)[O-])c1cccc(OC)c1. The van der Waals surface area contributed by atoms with E-state index in [1.165, 1.54) is 0 Å². The van der Waals surface area contributed by atoms with Gasteiger partial charge < -0.3 is 4.74 Å². The molecule has 0 saturated heterocycles. The van der Waals surface area contributed by atoms with E-state index in [0.717, 1.165) is 17.7 Å². The summed E-state index contributed by atoms with van der Waals surface area (Å²) in [5.41, 5.74) is 0.966. The molecular formula is C11H15NO3. The molecule has 0 N–H and O–H groups in total. The first-order valence-corrected chi connectivity index (χ1v) is 4.93. The number of nitro groups is 1. The van der Waals surface area contributed by atoms with Crippen LogP contribution in [0.15, 0.2) is 24.3 Å². The summed E-state index contributed by atoms with van der Waals surface area (Å²) in [6.45, 7) is 1.93. The largest absolute Gasteiger partial charge is 0.497 e. The Labute approximate surface area is 89.0 Å². The highest BCUT2D eigenvalue weighted by Gasteiger charge is 2.15. The van der Waals surface area contributed by atoms with Crippen molar-refractivity contribution in [3.8, 4) is 5.75 Å². The van der Waals surface area contributed by atoms with Gasteiger partial charge in [-0.25, -0.2) is 0 Å². The van der Waals surface area contributed by atoms with Crippen LogP contribution in [-0.4, -0.2) is 18.6 Å². The van der Waals surface area contributed by atoms with Crippen molar-refractivity contribution < 1.29 is 9.66 Å². The van der Waals surface area contributed by atoms with Gasteiger partial charge in [0.1, 0.15) is 5.75 Å². The minimum atomic E-state index is -0.270. The third kappa shape index (κ3) is 3.23. The van der Waals surface area contributed by atoms with E-state index in [0.29, 0.717) is 0 Å². The number of hydrogen-bond acceptors (Lipinski definition) is 3. The molecule has 0 spiro atoms.